The van der Waals surface area contributed by atoms with E-state index in [1.165, 1.54) is 18.3 Å². The highest BCUT2D eigenvalue weighted by Crippen LogP contribution is 2.19. The summed E-state index contributed by atoms with van der Waals surface area (Å²) in [4.78, 5) is 3.99. The van der Waals surface area contributed by atoms with Gasteiger partial charge < -0.3 is 5.73 Å². The van der Waals surface area contributed by atoms with Gasteiger partial charge >= 0.3 is 0 Å². The smallest absolute Gasteiger partial charge is 0.150 e. The third kappa shape index (κ3) is 3.14. The molecular formula is C12H10BrFN2OS. The lowest BCUT2D eigenvalue weighted by atomic mass is 10.2. The quantitative estimate of drug-likeness (QED) is 0.942. The Morgan fingerprint density at radius 1 is 1.39 bits per heavy atom. The minimum absolute atomic E-state index is 0.178. The molecule has 1 aromatic heterocycles. The Morgan fingerprint density at radius 2 is 2.17 bits per heavy atom. The second kappa shape index (κ2) is 5.58. The maximum atomic E-state index is 13.2. The van der Waals surface area contributed by atoms with Crippen LogP contribution in [0.5, 0.6) is 0 Å². The second-order valence-corrected chi connectivity index (χ2v) is 5.95. The number of halogens is 2. The third-order valence-corrected chi connectivity index (χ3v) is 4.06. The lowest BCUT2D eigenvalue weighted by Crippen LogP contribution is -2.03. The molecule has 2 rings (SSSR count). The van der Waals surface area contributed by atoms with Crippen LogP contribution in [-0.4, -0.2) is 9.19 Å². The summed E-state index contributed by atoms with van der Waals surface area (Å²) in [5.74, 6) is -0.192. The van der Waals surface area contributed by atoms with Gasteiger partial charge in [0.1, 0.15) is 10.8 Å². The molecule has 1 unspecified atom stereocenters. The molecule has 2 N–H and O–H groups in total. The first-order valence-electron chi connectivity index (χ1n) is 5.10. The van der Waals surface area contributed by atoms with E-state index in [-0.39, 0.29) is 11.6 Å². The maximum Gasteiger partial charge on any atom is 0.150 e. The highest BCUT2D eigenvalue weighted by molar-refractivity contribution is 9.10. The van der Waals surface area contributed by atoms with E-state index in [9.17, 15) is 8.60 Å². The number of benzene rings is 1. The molecule has 0 aliphatic rings. The topological polar surface area (TPSA) is 56.0 Å². The van der Waals surface area contributed by atoms with Gasteiger partial charge in [0.25, 0.3) is 0 Å². The molecule has 6 heteroatoms. The summed E-state index contributed by atoms with van der Waals surface area (Å²) in [6, 6.07) is 7.74. The van der Waals surface area contributed by atoms with Gasteiger partial charge in [-0.1, -0.05) is 15.9 Å². The third-order valence-electron chi connectivity index (χ3n) is 2.24. The number of hydrogen-bond donors (Lipinski definition) is 1. The van der Waals surface area contributed by atoms with E-state index in [1.54, 1.807) is 18.2 Å². The van der Waals surface area contributed by atoms with Gasteiger partial charge in [-0.05, 0) is 35.9 Å². The van der Waals surface area contributed by atoms with Crippen molar-refractivity contribution in [3.8, 4) is 0 Å². The fourth-order valence-electron chi connectivity index (χ4n) is 1.51. The van der Waals surface area contributed by atoms with Crippen LogP contribution in [-0.2, 0) is 16.6 Å². The number of aromatic nitrogens is 1. The van der Waals surface area contributed by atoms with Crippen molar-refractivity contribution in [1.29, 1.82) is 0 Å². The van der Waals surface area contributed by atoms with E-state index in [0.717, 1.165) is 0 Å². The first-order valence-corrected chi connectivity index (χ1v) is 7.21. The zero-order valence-corrected chi connectivity index (χ0v) is 11.7. The Bertz CT molecular complexity index is 586. The molecule has 0 amide bonds. The van der Waals surface area contributed by atoms with Gasteiger partial charge in [-0.2, -0.15) is 0 Å². The summed E-state index contributed by atoms with van der Waals surface area (Å²) in [5, 5.41) is 0.331. The average molecular weight is 329 g/mol. The van der Waals surface area contributed by atoms with Crippen LogP contribution in [0.15, 0.2) is 46.0 Å². The second-order valence-electron chi connectivity index (χ2n) is 3.67. The molecular weight excluding hydrogens is 319 g/mol. The zero-order chi connectivity index (χ0) is 13.1. The van der Waals surface area contributed by atoms with Gasteiger partial charge in [-0.25, -0.2) is 9.37 Å². The molecule has 0 fully saturated rings. The van der Waals surface area contributed by atoms with Crippen molar-refractivity contribution in [1.82, 2.24) is 4.98 Å². The molecule has 3 nitrogen and oxygen atoms in total. The number of anilines is 1. The van der Waals surface area contributed by atoms with Crippen LogP contribution >= 0.6 is 15.9 Å². The molecule has 0 spiro atoms. The molecule has 0 radical (unpaired) electrons. The lowest BCUT2D eigenvalue weighted by molar-refractivity contribution is 0.625. The Hall–Kier alpha value is -1.27. The molecule has 94 valence electrons. The van der Waals surface area contributed by atoms with Crippen molar-refractivity contribution < 1.29 is 8.60 Å². The summed E-state index contributed by atoms with van der Waals surface area (Å²) in [5.41, 5.74) is 6.71. The Labute approximate surface area is 115 Å². The van der Waals surface area contributed by atoms with Gasteiger partial charge in [-0.15, -0.1) is 0 Å². The van der Waals surface area contributed by atoms with E-state index in [1.807, 2.05) is 0 Å². The van der Waals surface area contributed by atoms with Gasteiger partial charge in [0.15, 0.2) is 0 Å². The zero-order valence-electron chi connectivity index (χ0n) is 9.27. The summed E-state index contributed by atoms with van der Waals surface area (Å²) in [6.07, 6.45) is 1.53. The fraction of sp³-hybridized carbons (Fsp3) is 0.0833. The van der Waals surface area contributed by atoms with Gasteiger partial charge in [0, 0.05) is 10.7 Å². The van der Waals surface area contributed by atoms with Crippen molar-refractivity contribution >= 4 is 32.4 Å². The van der Waals surface area contributed by atoms with Gasteiger partial charge in [0.2, 0.25) is 0 Å². The lowest BCUT2D eigenvalue weighted by Gasteiger charge is -2.05. The number of nitrogen functional groups attached to an aromatic ring is 1. The normalized spacial score (nSPS) is 12.3. The van der Waals surface area contributed by atoms with Crippen LogP contribution in [0.3, 0.4) is 0 Å². The van der Waals surface area contributed by atoms with E-state index in [2.05, 4.69) is 20.9 Å². The Balaban J connectivity index is 2.24. The number of nitrogens with zero attached hydrogens (tertiary/aromatic N) is 1. The fourth-order valence-corrected chi connectivity index (χ4v) is 3.14. The molecule has 1 aromatic carbocycles. The first-order chi connectivity index (χ1) is 8.56. The average Bonchev–Trinajstić information content (AvgIpc) is 2.27. The predicted octanol–water partition coefficient (Wildman–Crippen LogP) is 2.87. The summed E-state index contributed by atoms with van der Waals surface area (Å²) >= 11 is 3.19. The summed E-state index contributed by atoms with van der Waals surface area (Å²) in [6.45, 7) is 0. The summed E-state index contributed by atoms with van der Waals surface area (Å²) < 4.78 is 25.9. The molecule has 18 heavy (non-hydrogen) atoms. The maximum absolute atomic E-state index is 13.2. The van der Waals surface area contributed by atoms with Crippen LogP contribution in [0.25, 0.3) is 0 Å². The van der Waals surface area contributed by atoms with Crippen molar-refractivity contribution in [2.75, 3.05) is 5.73 Å². The van der Waals surface area contributed by atoms with Crippen LogP contribution in [0.2, 0.25) is 0 Å². The van der Waals surface area contributed by atoms with Crippen molar-refractivity contribution in [2.24, 2.45) is 0 Å². The minimum Gasteiger partial charge on any atom is -0.396 e. The first kappa shape index (κ1) is 13.2. The number of hydrogen-bond acceptors (Lipinski definition) is 3. The standard InChI is InChI=1S/C12H10BrFN2OS/c13-9-4-8(5-10(14)6-9)7-18(17)12-11(15)2-1-3-16-12/h1-6H,7,15H2. The van der Waals surface area contributed by atoms with Crippen molar-refractivity contribution in [2.45, 2.75) is 10.8 Å². The van der Waals surface area contributed by atoms with Crippen molar-refractivity contribution in [3.05, 3.63) is 52.4 Å². The van der Waals surface area contributed by atoms with E-state index in [4.69, 9.17) is 5.73 Å². The van der Waals surface area contributed by atoms with Crippen LogP contribution in [0.4, 0.5) is 10.1 Å². The van der Waals surface area contributed by atoms with Gasteiger partial charge in [0.05, 0.1) is 22.2 Å². The minimum atomic E-state index is -1.39. The SMILES string of the molecule is Nc1cccnc1S(=O)Cc1cc(F)cc(Br)c1. The monoisotopic (exact) mass is 328 g/mol. The molecule has 0 bridgehead atoms. The number of pyridine rings is 1. The van der Waals surface area contributed by atoms with E-state index in [0.29, 0.717) is 20.7 Å². The van der Waals surface area contributed by atoms with Gasteiger partial charge in [-0.3, -0.25) is 4.21 Å². The van der Waals surface area contributed by atoms with E-state index >= 15 is 0 Å². The number of nitrogens with two attached hydrogens (primary N) is 1. The highest BCUT2D eigenvalue weighted by atomic mass is 79.9. The highest BCUT2D eigenvalue weighted by Gasteiger charge is 2.11. The molecule has 0 aliphatic carbocycles. The number of rotatable bonds is 3. The Morgan fingerprint density at radius 3 is 2.83 bits per heavy atom. The van der Waals surface area contributed by atoms with E-state index < -0.39 is 10.8 Å². The van der Waals surface area contributed by atoms with Crippen LogP contribution in [0.1, 0.15) is 5.56 Å². The predicted molar refractivity (Wildman–Crippen MR) is 72.9 cm³/mol. The molecule has 0 saturated carbocycles. The van der Waals surface area contributed by atoms with Crippen LogP contribution in [0, 0.1) is 5.82 Å². The molecule has 1 heterocycles. The molecule has 0 aliphatic heterocycles. The molecule has 2 aromatic rings. The summed E-state index contributed by atoms with van der Waals surface area (Å²) in [7, 11) is -1.39. The molecule has 1 atom stereocenters. The van der Waals surface area contributed by atoms with Crippen molar-refractivity contribution in [3.63, 3.8) is 0 Å². The molecule has 0 saturated heterocycles. The van der Waals surface area contributed by atoms with Crippen LogP contribution < -0.4 is 5.73 Å². The largest absolute Gasteiger partial charge is 0.396 e. The Kier molecular flexibility index (Phi) is 4.08.